The zero-order valence-electron chi connectivity index (χ0n) is 19.6. The normalized spacial score (nSPS) is 24.6. The fourth-order valence-electron chi connectivity index (χ4n) is 4.91. The van der Waals surface area contributed by atoms with Crippen molar-refractivity contribution in [3.63, 3.8) is 0 Å². The van der Waals surface area contributed by atoms with E-state index in [4.69, 9.17) is 16.3 Å². The summed E-state index contributed by atoms with van der Waals surface area (Å²) in [6.07, 6.45) is 5.77. The standard InChI is InChI=1S/C23H32ClN7O2/c1-23(2,3)33-22(32)31-11-14-7-16(8-15(14)12-31)26-20-17(24)10-25-21(28-20)27-19-9-18(13-5-6-13)29-30(19)4/h9-10,13-16H,5-8,11-12H2,1-4H3,(H2,25,26,27,28). The van der Waals surface area contributed by atoms with Gasteiger partial charge in [0, 0.05) is 38.2 Å². The van der Waals surface area contributed by atoms with Crippen molar-refractivity contribution in [3.05, 3.63) is 23.0 Å². The molecule has 0 spiro atoms. The number of ether oxygens (including phenoxy) is 1. The van der Waals surface area contributed by atoms with E-state index in [0.717, 1.165) is 37.4 Å². The molecule has 1 saturated heterocycles. The maximum atomic E-state index is 12.4. The van der Waals surface area contributed by atoms with E-state index in [2.05, 4.69) is 31.8 Å². The number of carbonyl (C=O) groups is 1. The Hall–Kier alpha value is -2.55. The SMILES string of the molecule is Cn1nc(C2CC2)cc1Nc1ncc(Cl)c(NC2CC3CN(C(=O)OC(C)(C)C)CC3C2)n1. The third kappa shape index (κ3) is 5.03. The van der Waals surface area contributed by atoms with Crippen LogP contribution < -0.4 is 10.6 Å². The first kappa shape index (κ1) is 22.3. The van der Waals surface area contributed by atoms with Crippen LogP contribution in [-0.2, 0) is 11.8 Å². The van der Waals surface area contributed by atoms with Crippen molar-refractivity contribution < 1.29 is 9.53 Å². The van der Waals surface area contributed by atoms with Gasteiger partial charge in [0.2, 0.25) is 5.95 Å². The highest BCUT2D eigenvalue weighted by Gasteiger charge is 2.43. The molecule has 5 rings (SSSR count). The average molecular weight is 474 g/mol. The second kappa shape index (κ2) is 8.34. The molecule has 2 atom stereocenters. The van der Waals surface area contributed by atoms with E-state index in [1.165, 1.54) is 12.8 Å². The molecule has 2 N–H and O–H groups in total. The summed E-state index contributed by atoms with van der Waals surface area (Å²) in [4.78, 5) is 23.2. The molecule has 2 unspecified atom stereocenters. The van der Waals surface area contributed by atoms with E-state index in [9.17, 15) is 4.79 Å². The number of hydrogen-bond donors (Lipinski definition) is 2. The highest BCUT2D eigenvalue weighted by Crippen LogP contribution is 2.41. The number of fused-ring (bicyclic) bond motifs is 1. The van der Waals surface area contributed by atoms with Crippen molar-refractivity contribution in [2.45, 2.75) is 64.0 Å². The van der Waals surface area contributed by atoms with Crippen molar-refractivity contribution >= 4 is 35.3 Å². The first-order chi connectivity index (χ1) is 15.6. The Bertz CT molecular complexity index is 1030. The van der Waals surface area contributed by atoms with Crippen LogP contribution in [0.25, 0.3) is 0 Å². The second-order valence-electron chi connectivity index (χ2n) is 10.6. The molecule has 0 radical (unpaired) electrons. The van der Waals surface area contributed by atoms with Crippen LogP contribution in [0.2, 0.25) is 5.02 Å². The number of aromatic nitrogens is 4. The van der Waals surface area contributed by atoms with Crippen LogP contribution in [0.5, 0.6) is 0 Å². The van der Waals surface area contributed by atoms with Crippen molar-refractivity contribution in [1.29, 1.82) is 0 Å². The summed E-state index contributed by atoms with van der Waals surface area (Å²) in [6, 6.07) is 2.33. The van der Waals surface area contributed by atoms with Crippen LogP contribution in [0.1, 0.15) is 58.1 Å². The zero-order valence-corrected chi connectivity index (χ0v) is 20.4. The van der Waals surface area contributed by atoms with E-state index in [0.29, 0.717) is 34.5 Å². The molecule has 0 aromatic carbocycles. The summed E-state index contributed by atoms with van der Waals surface area (Å²) in [7, 11) is 1.92. The molecule has 10 heteroatoms. The maximum absolute atomic E-state index is 12.4. The topological polar surface area (TPSA) is 97.2 Å². The molecule has 3 fully saturated rings. The van der Waals surface area contributed by atoms with Crippen LogP contribution in [-0.4, -0.2) is 55.5 Å². The van der Waals surface area contributed by atoms with E-state index in [-0.39, 0.29) is 12.1 Å². The van der Waals surface area contributed by atoms with Crippen molar-refractivity contribution in [2.75, 3.05) is 23.7 Å². The quantitative estimate of drug-likeness (QED) is 0.657. The fraction of sp³-hybridized carbons (Fsp3) is 0.652. The predicted octanol–water partition coefficient (Wildman–Crippen LogP) is 4.54. The Morgan fingerprint density at radius 1 is 1.21 bits per heavy atom. The third-order valence-electron chi connectivity index (χ3n) is 6.62. The molecule has 2 saturated carbocycles. The van der Waals surface area contributed by atoms with E-state index >= 15 is 0 Å². The number of anilines is 3. The molecule has 3 heterocycles. The maximum Gasteiger partial charge on any atom is 0.410 e. The molecular weight excluding hydrogens is 442 g/mol. The average Bonchev–Trinajstić information content (AvgIpc) is 3.25. The van der Waals surface area contributed by atoms with Gasteiger partial charge in [0.15, 0.2) is 5.82 Å². The van der Waals surface area contributed by atoms with Gasteiger partial charge in [-0.2, -0.15) is 10.1 Å². The molecule has 2 aromatic rings. The van der Waals surface area contributed by atoms with Gasteiger partial charge in [0.25, 0.3) is 0 Å². The smallest absolute Gasteiger partial charge is 0.410 e. The van der Waals surface area contributed by atoms with Crippen molar-refractivity contribution in [1.82, 2.24) is 24.6 Å². The van der Waals surface area contributed by atoms with Gasteiger partial charge in [-0.3, -0.25) is 4.68 Å². The van der Waals surface area contributed by atoms with Gasteiger partial charge in [-0.05, 0) is 58.3 Å². The Labute approximate surface area is 199 Å². The minimum absolute atomic E-state index is 0.212. The first-order valence-electron chi connectivity index (χ1n) is 11.7. The monoisotopic (exact) mass is 473 g/mol. The third-order valence-corrected chi connectivity index (χ3v) is 6.90. The molecular formula is C23H32ClN7O2. The Morgan fingerprint density at radius 3 is 2.55 bits per heavy atom. The summed E-state index contributed by atoms with van der Waals surface area (Å²) < 4.78 is 7.36. The van der Waals surface area contributed by atoms with Gasteiger partial charge in [-0.15, -0.1) is 0 Å². The lowest BCUT2D eigenvalue weighted by molar-refractivity contribution is 0.0280. The summed E-state index contributed by atoms with van der Waals surface area (Å²) in [5, 5.41) is 11.9. The number of carbonyl (C=O) groups excluding carboxylic acids is 1. The lowest BCUT2D eigenvalue weighted by Gasteiger charge is -2.25. The minimum Gasteiger partial charge on any atom is -0.444 e. The lowest BCUT2D eigenvalue weighted by Crippen LogP contribution is -2.36. The Balaban J connectivity index is 1.19. The summed E-state index contributed by atoms with van der Waals surface area (Å²) in [6.45, 7) is 7.18. The molecule has 2 aliphatic carbocycles. The number of likely N-dealkylation sites (tertiary alicyclic amines) is 1. The number of aryl methyl sites for hydroxylation is 1. The van der Waals surface area contributed by atoms with Gasteiger partial charge >= 0.3 is 6.09 Å². The van der Waals surface area contributed by atoms with Crippen LogP contribution >= 0.6 is 11.6 Å². The summed E-state index contributed by atoms with van der Waals surface area (Å²) >= 11 is 6.41. The Kier molecular flexibility index (Phi) is 5.63. The van der Waals surface area contributed by atoms with Crippen molar-refractivity contribution in [2.24, 2.45) is 18.9 Å². The van der Waals surface area contributed by atoms with Crippen LogP contribution in [0.4, 0.5) is 22.4 Å². The molecule has 1 amide bonds. The molecule has 0 bridgehead atoms. The molecule has 1 aliphatic heterocycles. The number of amides is 1. The van der Waals surface area contributed by atoms with E-state index < -0.39 is 5.60 Å². The fourth-order valence-corrected chi connectivity index (χ4v) is 5.06. The van der Waals surface area contributed by atoms with Crippen LogP contribution in [0, 0.1) is 11.8 Å². The van der Waals surface area contributed by atoms with E-state index in [1.807, 2.05) is 37.4 Å². The van der Waals surface area contributed by atoms with Gasteiger partial charge in [0.1, 0.15) is 16.4 Å². The number of hydrogen-bond acceptors (Lipinski definition) is 7. The molecule has 33 heavy (non-hydrogen) atoms. The van der Waals surface area contributed by atoms with Crippen LogP contribution in [0.3, 0.4) is 0 Å². The number of rotatable bonds is 5. The first-order valence-corrected chi connectivity index (χ1v) is 12.1. The number of nitrogens with one attached hydrogen (secondary N) is 2. The van der Waals surface area contributed by atoms with Crippen LogP contribution in [0.15, 0.2) is 12.3 Å². The second-order valence-corrected chi connectivity index (χ2v) is 11.0. The minimum atomic E-state index is -0.469. The summed E-state index contributed by atoms with van der Waals surface area (Å²) in [5.74, 6) is 3.49. The van der Waals surface area contributed by atoms with Gasteiger partial charge < -0.3 is 20.3 Å². The van der Waals surface area contributed by atoms with Gasteiger partial charge in [0.05, 0.1) is 11.9 Å². The Morgan fingerprint density at radius 2 is 1.91 bits per heavy atom. The lowest BCUT2D eigenvalue weighted by atomic mass is 10.0. The van der Waals surface area contributed by atoms with E-state index in [1.54, 1.807) is 6.20 Å². The number of nitrogens with zero attached hydrogens (tertiary/aromatic N) is 5. The molecule has 3 aliphatic rings. The van der Waals surface area contributed by atoms with Crippen molar-refractivity contribution in [3.8, 4) is 0 Å². The summed E-state index contributed by atoms with van der Waals surface area (Å²) in [5.41, 5.74) is 0.647. The number of halogens is 1. The largest absolute Gasteiger partial charge is 0.444 e. The van der Waals surface area contributed by atoms with Gasteiger partial charge in [-0.25, -0.2) is 9.78 Å². The zero-order chi connectivity index (χ0) is 23.3. The highest BCUT2D eigenvalue weighted by molar-refractivity contribution is 6.32. The molecule has 178 valence electrons. The van der Waals surface area contributed by atoms with Gasteiger partial charge in [-0.1, -0.05) is 11.6 Å². The highest BCUT2D eigenvalue weighted by atomic mass is 35.5. The molecule has 2 aromatic heterocycles. The predicted molar refractivity (Wildman–Crippen MR) is 127 cm³/mol. The molecule has 9 nitrogen and oxygen atoms in total.